The van der Waals surface area contributed by atoms with Gasteiger partial charge in [-0.15, -0.1) is 0 Å². The fourth-order valence-corrected chi connectivity index (χ4v) is 2.40. The standard InChI is InChI=1S/C20H12F4/c1-2-12-3-6-14(17(21)10-12)7-4-13-5-8-16-15(9-13)11-18(22)20(24)19(16)23/h3,5-6,8-11H,2H2,1H3. The largest absolute Gasteiger partial charge is 0.206 e. The second-order valence-corrected chi connectivity index (χ2v) is 5.34. The van der Waals surface area contributed by atoms with Crippen LogP contribution in [-0.4, -0.2) is 0 Å². The maximum atomic E-state index is 13.9. The van der Waals surface area contributed by atoms with Crippen molar-refractivity contribution in [3.05, 3.63) is 82.4 Å². The number of fused-ring (bicyclic) bond motifs is 1. The van der Waals surface area contributed by atoms with Crippen molar-refractivity contribution >= 4 is 10.8 Å². The Morgan fingerprint density at radius 3 is 2.29 bits per heavy atom. The molecule has 0 aromatic heterocycles. The summed E-state index contributed by atoms with van der Waals surface area (Å²) in [7, 11) is 0. The third kappa shape index (κ3) is 2.98. The van der Waals surface area contributed by atoms with Crippen LogP contribution in [0.2, 0.25) is 0 Å². The molecular weight excluding hydrogens is 316 g/mol. The van der Waals surface area contributed by atoms with E-state index in [-0.39, 0.29) is 16.3 Å². The molecule has 3 aromatic carbocycles. The molecule has 0 saturated heterocycles. The molecule has 0 nitrogen and oxygen atoms in total. The van der Waals surface area contributed by atoms with Gasteiger partial charge in [0.2, 0.25) is 0 Å². The number of benzene rings is 3. The van der Waals surface area contributed by atoms with Gasteiger partial charge in [0.05, 0.1) is 5.56 Å². The predicted octanol–water partition coefficient (Wildman–Crippen LogP) is 5.36. The SMILES string of the molecule is CCc1ccc(C#Cc2ccc3c(F)c(F)c(F)cc3c2)c(F)c1. The van der Waals surface area contributed by atoms with Crippen LogP contribution >= 0.6 is 0 Å². The summed E-state index contributed by atoms with van der Waals surface area (Å²) in [6.45, 7) is 1.93. The minimum atomic E-state index is -1.50. The maximum Gasteiger partial charge on any atom is 0.195 e. The fourth-order valence-electron chi connectivity index (χ4n) is 2.40. The molecule has 0 saturated carbocycles. The Balaban J connectivity index is 2.02. The Morgan fingerprint density at radius 2 is 1.58 bits per heavy atom. The first-order valence-corrected chi connectivity index (χ1v) is 7.37. The second kappa shape index (κ2) is 6.37. The van der Waals surface area contributed by atoms with Crippen molar-refractivity contribution in [2.24, 2.45) is 0 Å². The molecule has 3 rings (SSSR count). The normalized spacial score (nSPS) is 10.5. The first-order valence-electron chi connectivity index (χ1n) is 7.37. The van der Waals surface area contributed by atoms with Gasteiger partial charge in [-0.3, -0.25) is 0 Å². The molecule has 0 aliphatic carbocycles. The zero-order valence-corrected chi connectivity index (χ0v) is 12.8. The highest BCUT2D eigenvalue weighted by atomic mass is 19.2. The number of aryl methyl sites for hydroxylation is 1. The molecule has 0 spiro atoms. The summed E-state index contributed by atoms with van der Waals surface area (Å²) in [5.74, 6) is 1.05. The van der Waals surface area contributed by atoms with Crippen molar-refractivity contribution in [1.82, 2.24) is 0 Å². The molecule has 120 valence electrons. The van der Waals surface area contributed by atoms with Gasteiger partial charge >= 0.3 is 0 Å². The predicted molar refractivity (Wildman–Crippen MR) is 85.6 cm³/mol. The maximum absolute atomic E-state index is 13.9. The Hall–Kier alpha value is -2.80. The van der Waals surface area contributed by atoms with Crippen LogP contribution in [0.15, 0.2) is 42.5 Å². The van der Waals surface area contributed by atoms with Crippen LogP contribution in [0.5, 0.6) is 0 Å². The van der Waals surface area contributed by atoms with Crippen molar-refractivity contribution in [2.45, 2.75) is 13.3 Å². The van der Waals surface area contributed by atoms with E-state index < -0.39 is 23.3 Å². The number of rotatable bonds is 1. The van der Waals surface area contributed by atoms with Crippen molar-refractivity contribution in [2.75, 3.05) is 0 Å². The third-order valence-electron chi connectivity index (χ3n) is 3.76. The molecule has 0 N–H and O–H groups in total. The zero-order valence-electron chi connectivity index (χ0n) is 12.8. The fraction of sp³-hybridized carbons (Fsp3) is 0.100. The van der Waals surface area contributed by atoms with E-state index in [9.17, 15) is 17.6 Å². The van der Waals surface area contributed by atoms with E-state index in [0.29, 0.717) is 5.56 Å². The van der Waals surface area contributed by atoms with Crippen molar-refractivity contribution in [1.29, 1.82) is 0 Å². The van der Waals surface area contributed by atoms with Gasteiger partial charge in [-0.25, -0.2) is 17.6 Å². The van der Waals surface area contributed by atoms with Gasteiger partial charge in [-0.2, -0.15) is 0 Å². The minimum Gasteiger partial charge on any atom is -0.206 e. The van der Waals surface area contributed by atoms with Crippen molar-refractivity contribution < 1.29 is 17.6 Å². The topological polar surface area (TPSA) is 0 Å². The van der Waals surface area contributed by atoms with Crippen LogP contribution in [0.25, 0.3) is 10.8 Å². The molecule has 0 heterocycles. The van der Waals surface area contributed by atoms with Crippen LogP contribution in [0.3, 0.4) is 0 Å². The van der Waals surface area contributed by atoms with Gasteiger partial charge in [-0.1, -0.05) is 30.9 Å². The smallest absolute Gasteiger partial charge is 0.195 e. The first-order chi connectivity index (χ1) is 11.5. The Labute approximate surface area is 136 Å². The first kappa shape index (κ1) is 16.1. The van der Waals surface area contributed by atoms with Gasteiger partial charge in [0.25, 0.3) is 0 Å². The number of hydrogen-bond acceptors (Lipinski definition) is 0. The van der Waals surface area contributed by atoms with E-state index >= 15 is 0 Å². The summed E-state index contributed by atoms with van der Waals surface area (Å²) in [5, 5.41) is 0.165. The molecule has 0 bridgehead atoms. The molecule has 0 unspecified atom stereocenters. The third-order valence-corrected chi connectivity index (χ3v) is 3.76. The molecule has 0 aliphatic rings. The van der Waals surface area contributed by atoms with E-state index in [1.165, 1.54) is 24.3 Å². The van der Waals surface area contributed by atoms with Crippen LogP contribution in [0, 0.1) is 35.1 Å². The summed E-state index contributed by atoms with van der Waals surface area (Å²) < 4.78 is 54.1. The van der Waals surface area contributed by atoms with Crippen LogP contribution < -0.4 is 0 Å². The van der Waals surface area contributed by atoms with Crippen LogP contribution in [0.1, 0.15) is 23.6 Å². The average molecular weight is 328 g/mol. The Morgan fingerprint density at radius 1 is 0.792 bits per heavy atom. The molecule has 0 aliphatic heterocycles. The Bertz CT molecular complexity index is 994. The lowest BCUT2D eigenvalue weighted by molar-refractivity contribution is 0.453. The van der Waals surface area contributed by atoms with Crippen molar-refractivity contribution in [3.63, 3.8) is 0 Å². The lowest BCUT2D eigenvalue weighted by Gasteiger charge is -2.03. The van der Waals surface area contributed by atoms with Gasteiger partial charge in [-0.05, 0) is 47.7 Å². The van der Waals surface area contributed by atoms with Crippen LogP contribution in [-0.2, 0) is 6.42 Å². The van der Waals surface area contributed by atoms with Gasteiger partial charge in [0.15, 0.2) is 17.5 Å². The quantitative estimate of drug-likeness (QED) is 0.320. The summed E-state index contributed by atoms with van der Waals surface area (Å²) >= 11 is 0. The summed E-state index contributed by atoms with van der Waals surface area (Å²) in [4.78, 5) is 0. The summed E-state index contributed by atoms with van der Waals surface area (Å²) in [6.07, 6.45) is 0.725. The van der Waals surface area contributed by atoms with Crippen LogP contribution in [0.4, 0.5) is 17.6 Å². The molecule has 0 amide bonds. The van der Waals surface area contributed by atoms with E-state index in [4.69, 9.17) is 0 Å². The van der Waals surface area contributed by atoms with Gasteiger partial charge in [0, 0.05) is 10.9 Å². The average Bonchev–Trinajstić information content (AvgIpc) is 2.58. The minimum absolute atomic E-state index is 0.0297. The monoisotopic (exact) mass is 328 g/mol. The summed E-state index contributed by atoms with van der Waals surface area (Å²) in [5.41, 5.74) is 1.56. The molecule has 0 radical (unpaired) electrons. The number of hydrogen-bond donors (Lipinski definition) is 0. The zero-order chi connectivity index (χ0) is 17.3. The van der Waals surface area contributed by atoms with Crippen molar-refractivity contribution in [3.8, 4) is 11.8 Å². The molecule has 0 fully saturated rings. The van der Waals surface area contributed by atoms with E-state index in [1.807, 2.05) is 6.92 Å². The Kier molecular flexibility index (Phi) is 4.26. The molecule has 3 aromatic rings. The lowest BCUT2D eigenvalue weighted by atomic mass is 10.1. The highest BCUT2D eigenvalue weighted by Crippen LogP contribution is 2.24. The lowest BCUT2D eigenvalue weighted by Crippen LogP contribution is -1.92. The van der Waals surface area contributed by atoms with E-state index in [2.05, 4.69) is 11.8 Å². The number of halogens is 4. The van der Waals surface area contributed by atoms with E-state index in [0.717, 1.165) is 18.1 Å². The second-order valence-electron chi connectivity index (χ2n) is 5.34. The molecule has 24 heavy (non-hydrogen) atoms. The molecular formula is C20H12F4. The van der Waals surface area contributed by atoms with Gasteiger partial charge < -0.3 is 0 Å². The van der Waals surface area contributed by atoms with E-state index in [1.54, 1.807) is 12.1 Å². The van der Waals surface area contributed by atoms with Gasteiger partial charge in [0.1, 0.15) is 5.82 Å². The highest BCUT2D eigenvalue weighted by Gasteiger charge is 2.13. The highest BCUT2D eigenvalue weighted by molar-refractivity contribution is 5.84. The molecule has 4 heteroatoms. The molecule has 0 atom stereocenters. The summed E-state index contributed by atoms with van der Waals surface area (Å²) in [6, 6.07) is 9.97.